The van der Waals surface area contributed by atoms with Crippen LogP contribution < -0.4 is 11.1 Å². The molecule has 7 rings (SSSR count). The van der Waals surface area contributed by atoms with Crippen LogP contribution in [0, 0.1) is 5.92 Å². The van der Waals surface area contributed by atoms with Gasteiger partial charge in [-0.25, -0.2) is 9.59 Å². The van der Waals surface area contributed by atoms with Gasteiger partial charge in [0, 0.05) is 83.1 Å². The zero-order chi connectivity index (χ0) is 42.4. The molecule has 328 valence electrons. The highest BCUT2D eigenvalue weighted by Gasteiger charge is 2.39. The molecule has 14 nitrogen and oxygen atoms in total. The van der Waals surface area contributed by atoms with Gasteiger partial charge >= 0.3 is 24.3 Å². The molecule has 2 atom stereocenters. The first-order valence-corrected chi connectivity index (χ1v) is 21.5. The number of esters is 1. The van der Waals surface area contributed by atoms with E-state index in [-0.39, 0.29) is 60.1 Å². The van der Waals surface area contributed by atoms with Crippen LogP contribution in [0.2, 0.25) is 5.02 Å². The van der Waals surface area contributed by atoms with Crippen molar-refractivity contribution in [3.8, 4) is 0 Å². The molecule has 3 N–H and O–H groups in total. The molecular weight excluding hydrogens is 807 g/mol. The smallest absolute Gasteiger partial charge is 0.418 e. The van der Waals surface area contributed by atoms with Crippen molar-refractivity contribution in [2.45, 2.75) is 75.7 Å². The van der Waals surface area contributed by atoms with Crippen LogP contribution in [0.3, 0.4) is 0 Å². The highest BCUT2D eigenvalue weighted by Crippen LogP contribution is 2.38. The van der Waals surface area contributed by atoms with Gasteiger partial charge in [-0.1, -0.05) is 29.8 Å². The molecular formula is C42H55ClF3N7O7. The highest BCUT2D eigenvalue weighted by atomic mass is 35.5. The molecule has 4 amide bonds. The van der Waals surface area contributed by atoms with Crippen LogP contribution in [0.4, 0.5) is 34.1 Å². The molecule has 0 bridgehead atoms. The predicted octanol–water partition coefficient (Wildman–Crippen LogP) is 5.12. The molecule has 0 spiro atoms. The van der Waals surface area contributed by atoms with E-state index in [1.54, 1.807) is 9.80 Å². The Morgan fingerprint density at radius 3 is 2.35 bits per heavy atom. The molecule has 5 aliphatic heterocycles. The summed E-state index contributed by atoms with van der Waals surface area (Å²) in [4.78, 5) is 63.5. The number of carbonyl (C=O) groups is 4. The summed E-state index contributed by atoms with van der Waals surface area (Å²) in [5, 5.41) is 2.67. The first-order chi connectivity index (χ1) is 28.8. The minimum absolute atomic E-state index is 0.0469. The number of nitrogen functional groups attached to an aromatic ring is 1. The van der Waals surface area contributed by atoms with Crippen molar-refractivity contribution in [2.75, 3.05) is 96.3 Å². The Hall–Kier alpha value is -4.32. The van der Waals surface area contributed by atoms with Crippen LogP contribution in [0.25, 0.3) is 0 Å². The summed E-state index contributed by atoms with van der Waals surface area (Å²) in [6.45, 7) is 7.14. The van der Waals surface area contributed by atoms with Gasteiger partial charge in [0.05, 0.1) is 35.4 Å². The molecule has 0 unspecified atom stereocenters. The third-order valence-corrected chi connectivity index (χ3v) is 12.9. The molecule has 0 radical (unpaired) electrons. The zero-order valence-electron chi connectivity index (χ0n) is 33.8. The Morgan fingerprint density at radius 2 is 1.62 bits per heavy atom. The Kier molecular flexibility index (Phi) is 14.3. The van der Waals surface area contributed by atoms with Crippen LogP contribution in [0.1, 0.15) is 55.2 Å². The third kappa shape index (κ3) is 10.8. The van der Waals surface area contributed by atoms with Crippen molar-refractivity contribution in [3.63, 3.8) is 0 Å². The zero-order valence-corrected chi connectivity index (χ0v) is 34.6. The summed E-state index contributed by atoms with van der Waals surface area (Å²) in [7, 11) is 0. The second-order valence-corrected chi connectivity index (χ2v) is 16.8. The lowest BCUT2D eigenvalue weighted by Crippen LogP contribution is -2.53. The quantitative estimate of drug-likeness (QED) is 0.244. The van der Waals surface area contributed by atoms with Crippen LogP contribution in [0.5, 0.6) is 0 Å². The average Bonchev–Trinajstić information content (AvgIpc) is 3.42. The number of hydrogen-bond donors (Lipinski definition) is 2. The van der Waals surface area contributed by atoms with Gasteiger partial charge < -0.3 is 40.0 Å². The number of benzene rings is 2. The number of alkyl halides is 3. The number of nitrogens with zero attached hydrogens (tertiary/aromatic N) is 5. The van der Waals surface area contributed by atoms with Crippen molar-refractivity contribution in [2.24, 2.45) is 5.92 Å². The second-order valence-electron chi connectivity index (χ2n) is 16.4. The summed E-state index contributed by atoms with van der Waals surface area (Å²) >= 11 is 6.16. The first-order valence-electron chi connectivity index (χ1n) is 21.1. The maximum atomic E-state index is 14.2. The normalized spacial score (nSPS) is 22.1. The number of fused-ring (bicyclic) bond motifs is 1. The van der Waals surface area contributed by atoms with E-state index in [1.807, 2.05) is 24.3 Å². The van der Waals surface area contributed by atoms with Crippen molar-refractivity contribution in [1.29, 1.82) is 0 Å². The summed E-state index contributed by atoms with van der Waals surface area (Å²) in [6, 6.07) is 9.57. The molecule has 5 aliphatic rings. The van der Waals surface area contributed by atoms with Gasteiger partial charge in [-0.2, -0.15) is 13.2 Å². The lowest BCUT2D eigenvalue weighted by Gasteiger charge is -2.42. The Bertz CT molecular complexity index is 1850. The Morgan fingerprint density at radius 1 is 0.917 bits per heavy atom. The molecule has 0 aromatic heterocycles. The van der Waals surface area contributed by atoms with Gasteiger partial charge in [0.25, 0.3) is 5.91 Å². The van der Waals surface area contributed by atoms with Crippen LogP contribution >= 0.6 is 11.6 Å². The topological polar surface area (TPSA) is 150 Å². The minimum atomic E-state index is -4.80. The molecule has 4 saturated heterocycles. The maximum Gasteiger partial charge on any atom is 0.418 e. The van der Waals surface area contributed by atoms with E-state index in [4.69, 9.17) is 31.5 Å². The molecule has 60 heavy (non-hydrogen) atoms. The fourth-order valence-electron chi connectivity index (χ4n) is 9.12. The van der Waals surface area contributed by atoms with Gasteiger partial charge in [-0.3, -0.25) is 19.4 Å². The SMILES string of the molecule is Nc1c(Cl)cc(C[C@@H](OC(=O)N2CCC(N3CCc4ccccc4NC3=O)CC2)C(=O)N2CCC(N3CCC[C@H](C(=O)OCCN4CCOCC4)C3)CC2)cc1C(F)(F)F. The van der Waals surface area contributed by atoms with E-state index in [0.717, 1.165) is 49.8 Å². The summed E-state index contributed by atoms with van der Waals surface area (Å²) in [6.07, 6.45) is -2.87. The third-order valence-electron chi connectivity index (χ3n) is 12.6. The summed E-state index contributed by atoms with van der Waals surface area (Å²) in [5.74, 6) is -0.937. The number of carbonyl (C=O) groups excluding carboxylic acids is 4. The van der Waals surface area contributed by atoms with E-state index < -0.39 is 35.5 Å². The first kappa shape index (κ1) is 43.8. The van der Waals surface area contributed by atoms with E-state index in [1.165, 1.54) is 11.0 Å². The number of amides is 4. The molecule has 0 aliphatic carbocycles. The molecule has 0 saturated carbocycles. The number of nitrogens with two attached hydrogens (primary N) is 1. The number of rotatable bonds is 10. The summed E-state index contributed by atoms with van der Waals surface area (Å²) < 4.78 is 58.8. The number of morpholine rings is 1. The van der Waals surface area contributed by atoms with E-state index >= 15 is 0 Å². The molecule has 4 fully saturated rings. The number of anilines is 2. The molecule has 18 heteroatoms. The van der Waals surface area contributed by atoms with E-state index in [0.29, 0.717) is 84.6 Å². The number of ether oxygens (including phenoxy) is 3. The van der Waals surface area contributed by atoms with Crippen LogP contribution in [0.15, 0.2) is 36.4 Å². The van der Waals surface area contributed by atoms with Crippen molar-refractivity contribution >= 4 is 47.0 Å². The van der Waals surface area contributed by atoms with Gasteiger partial charge in [0.2, 0.25) is 0 Å². The van der Waals surface area contributed by atoms with Gasteiger partial charge in [0.1, 0.15) is 6.61 Å². The fourth-order valence-corrected chi connectivity index (χ4v) is 9.36. The Labute approximate surface area is 353 Å². The lowest BCUT2D eigenvalue weighted by molar-refractivity contribution is -0.151. The Balaban J connectivity index is 0.962. The van der Waals surface area contributed by atoms with Gasteiger partial charge in [-0.05, 0) is 80.8 Å². The van der Waals surface area contributed by atoms with E-state index in [2.05, 4.69) is 15.1 Å². The van der Waals surface area contributed by atoms with Crippen molar-refractivity contribution in [3.05, 3.63) is 58.1 Å². The number of halogens is 4. The number of nitrogens with one attached hydrogen (secondary N) is 1. The number of para-hydroxylation sites is 1. The van der Waals surface area contributed by atoms with E-state index in [9.17, 15) is 32.3 Å². The number of urea groups is 1. The van der Waals surface area contributed by atoms with Gasteiger partial charge in [0.15, 0.2) is 6.10 Å². The van der Waals surface area contributed by atoms with Gasteiger partial charge in [-0.15, -0.1) is 0 Å². The molecule has 2 aromatic rings. The molecule has 5 heterocycles. The highest BCUT2D eigenvalue weighted by molar-refractivity contribution is 6.33. The maximum absolute atomic E-state index is 14.2. The van der Waals surface area contributed by atoms with Crippen molar-refractivity contribution in [1.82, 2.24) is 24.5 Å². The lowest BCUT2D eigenvalue weighted by atomic mass is 9.93. The minimum Gasteiger partial charge on any atom is -0.464 e. The van der Waals surface area contributed by atoms with Crippen molar-refractivity contribution < 1.29 is 46.6 Å². The number of likely N-dealkylation sites (tertiary alicyclic amines) is 3. The van der Waals surface area contributed by atoms with Crippen LogP contribution in [-0.4, -0.2) is 152 Å². The number of piperidine rings is 3. The largest absolute Gasteiger partial charge is 0.464 e. The van der Waals surface area contributed by atoms with Crippen LogP contribution in [-0.2, 0) is 42.8 Å². The predicted molar refractivity (Wildman–Crippen MR) is 217 cm³/mol. The average molecular weight is 862 g/mol. The molecule has 2 aromatic carbocycles. The fraction of sp³-hybridized carbons (Fsp3) is 0.619. The second kappa shape index (κ2) is 19.6. The summed E-state index contributed by atoms with van der Waals surface area (Å²) in [5.41, 5.74) is 5.81. The standard InChI is InChI=1S/C42H55ClF3N7O7/c43-34-25-28(24-33(37(34)47)42(44,45)46)26-36(60-41(57)51-15-10-32(11-16-51)53-17-7-29-4-1-2-6-35(29)48-40(53)56)38(54)50-13-8-31(9-14-50)52-12-3-5-30(27-52)39(55)59-23-20-49-18-21-58-22-19-49/h1-2,4,6,24-25,30-32,36H,3,5,7-23,26-27,47H2,(H,48,56)/t30-,36+/m0/s1. The monoisotopic (exact) mass is 861 g/mol. The number of hydrogen-bond acceptors (Lipinski definition) is 10.